The second kappa shape index (κ2) is 12.5. The van der Waals surface area contributed by atoms with Crippen LogP contribution in [0.3, 0.4) is 0 Å². The van der Waals surface area contributed by atoms with Crippen molar-refractivity contribution in [3.63, 3.8) is 0 Å². The van der Waals surface area contributed by atoms with Crippen LogP contribution in [0, 0.1) is 0 Å². The van der Waals surface area contributed by atoms with Gasteiger partial charge in [-0.3, -0.25) is 14.6 Å². The first-order valence-electron chi connectivity index (χ1n) is 11.6. The lowest BCUT2D eigenvalue weighted by Crippen LogP contribution is -2.25. The highest BCUT2D eigenvalue weighted by Gasteiger charge is 2.12. The van der Waals surface area contributed by atoms with Crippen molar-refractivity contribution in [3.8, 4) is 11.5 Å². The molecule has 0 aliphatic rings. The van der Waals surface area contributed by atoms with Gasteiger partial charge in [-0.2, -0.15) is 0 Å². The van der Waals surface area contributed by atoms with Gasteiger partial charge in [0.15, 0.2) is 0 Å². The highest BCUT2D eigenvalue weighted by Crippen LogP contribution is 2.32. The molecule has 10 nitrogen and oxygen atoms in total. The Morgan fingerprint density at radius 1 is 1.11 bits per heavy atom. The van der Waals surface area contributed by atoms with E-state index in [1.54, 1.807) is 42.9 Å². The average Bonchev–Trinajstić information content (AvgIpc) is 2.91. The van der Waals surface area contributed by atoms with E-state index in [2.05, 4.69) is 37.5 Å². The molecule has 0 aliphatic heterocycles. The first kappa shape index (κ1) is 26.4. The molecule has 194 valence electrons. The maximum absolute atomic E-state index is 11.9. The molecule has 4 rings (SSSR count). The molecule has 3 N–H and O–H groups in total. The Morgan fingerprint density at radius 3 is 2.71 bits per heavy atom. The standard InChI is InChI=1S/C27H25ClN6O4/c1-3-26(36)33-23-11-19-15-31-27(34-22(19)13-25(23)37-10-9-30-17(2)35)32-20-6-7-24(21(28)12-20)38-16-18-5-4-8-29-14-18/h3-8,11-15H,1,9-10,16H2,2H3,(H,30,35)(H,33,36)(H,31,32,34). The minimum absolute atomic E-state index is 0.163. The zero-order valence-corrected chi connectivity index (χ0v) is 21.3. The molecular weight excluding hydrogens is 508 g/mol. The summed E-state index contributed by atoms with van der Waals surface area (Å²) in [6.45, 7) is 5.75. The van der Waals surface area contributed by atoms with Crippen LogP contribution in [-0.2, 0) is 16.2 Å². The molecular formula is C27H25ClN6O4. The molecule has 0 unspecified atom stereocenters. The number of hydrogen-bond donors (Lipinski definition) is 3. The SMILES string of the molecule is C=CC(=O)Nc1cc2cnc(Nc3ccc(OCc4cccnc4)c(Cl)c3)nc2cc1OCCNC(C)=O. The van der Waals surface area contributed by atoms with E-state index in [1.165, 1.54) is 6.92 Å². The van der Waals surface area contributed by atoms with Crippen molar-refractivity contribution in [1.82, 2.24) is 20.3 Å². The van der Waals surface area contributed by atoms with Gasteiger partial charge in [0.1, 0.15) is 24.7 Å². The van der Waals surface area contributed by atoms with E-state index in [-0.39, 0.29) is 18.4 Å². The number of anilines is 3. The number of carbonyl (C=O) groups excluding carboxylic acids is 2. The summed E-state index contributed by atoms with van der Waals surface area (Å²) >= 11 is 6.42. The zero-order valence-electron chi connectivity index (χ0n) is 20.5. The number of pyridine rings is 1. The molecule has 0 saturated heterocycles. The minimum atomic E-state index is -0.389. The number of hydrogen-bond acceptors (Lipinski definition) is 8. The molecule has 0 saturated carbocycles. The number of nitrogens with zero attached hydrogens (tertiary/aromatic N) is 3. The van der Waals surface area contributed by atoms with Crippen molar-refractivity contribution in [3.05, 3.63) is 84.3 Å². The number of amides is 2. The first-order valence-corrected chi connectivity index (χ1v) is 12.0. The summed E-state index contributed by atoms with van der Waals surface area (Å²) in [6, 6.07) is 12.5. The van der Waals surface area contributed by atoms with Gasteiger partial charge in [0.25, 0.3) is 0 Å². The number of aromatic nitrogens is 3. The lowest BCUT2D eigenvalue weighted by molar-refractivity contribution is -0.119. The molecule has 2 aromatic heterocycles. The Labute approximate surface area is 224 Å². The summed E-state index contributed by atoms with van der Waals surface area (Å²) in [5.74, 6) is 0.713. The third-order valence-corrected chi connectivity index (χ3v) is 5.46. The average molecular weight is 533 g/mol. The summed E-state index contributed by atoms with van der Waals surface area (Å²) in [5.41, 5.74) is 2.62. The van der Waals surface area contributed by atoms with Crippen LogP contribution in [0.1, 0.15) is 12.5 Å². The van der Waals surface area contributed by atoms with Crippen LogP contribution in [0.25, 0.3) is 10.9 Å². The van der Waals surface area contributed by atoms with Crippen LogP contribution >= 0.6 is 11.6 Å². The predicted octanol–water partition coefficient (Wildman–Crippen LogP) is 4.64. The molecule has 0 bridgehead atoms. The summed E-state index contributed by atoms with van der Waals surface area (Å²) in [6.07, 6.45) is 6.22. The predicted molar refractivity (Wildman–Crippen MR) is 146 cm³/mol. The fourth-order valence-electron chi connectivity index (χ4n) is 3.38. The zero-order chi connectivity index (χ0) is 26.9. The fraction of sp³-hybridized carbons (Fsp3) is 0.148. The maximum Gasteiger partial charge on any atom is 0.247 e. The summed E-state index contributed by atoms with van der Waals surface area (Å²) in [7, 11) is 0. The highest BCUT2D eigenvalue weighted by atomic mass is 35.5. The Balaban J connectivity index is 1.50. The van der Waals surface area contributed by atoms with Crippen LogP contribution in [0.15, 0.2) is 73.7 Å². The third-order valence-electron chi connectivity index (χ3n) is 5.16. The largest absolute Gasteiger partial charge is 0.489 e. The maximum atomic E-state index is 11.9. The molecule has 0 spiro atoms. The van der Waals surface area contributed by atoms with Crippen molar-refractivity contribution < 1.29 is 19.1 Å². The van der Waals surface area contributed by atoms with E-state index < -0.39 is 0 Å². The van der Waals surface area contributed by atoms with Crippen LogP contribution in [0.2, 0.25) is 5.02 Å². The van der Waals surface area contributed by atoms with Gasteiger partial charge < -0.3 is 25.4 Å². The molecule has 2 aromatic carbocycles. The van der Waals surface area contributed by atoms with Gasteiger partial charge in [-0.15, -0.1) is 0 Å². The normalized spacial score (nSPS) is 10.5. The Morgan fingerprint density at radius 2 is 1.97 bits per heavy atom. The number of benzene rings is 2. The smallest absolute Gasteiger partial charge is 0.247 e. The number of rotatable bonds is 11. The lowest BCUT2D eigenvalue weighted by Gasteiger charge is -2.14. The van der Waals surface area contributed by atoms with Gasteiger partial charge in [0.05, 0.1) is 22.8 Å². The van der Waals surface area contributed by atoms with Crippen molar-refractivity contribution in [2.75, 3.05) is 23.8 Å². The molecule has 2 amide bonds. The van der Waals surface area contributed by atoms with Gasteiger partial charge in [0, 0.05) is 48.2 Å². The number of nitrogens with one attached hydrogen (secondary N) is 3. The molecule has 11 heteroatoms. The molecule has 4 aromatic rings. The van der Waals surface area contributed by atoms with Gasteiger partial charge >= 0.3 is 0 Å². The minimum Gasteiger partial charge on any atom is -0.489 e. The van der Waals surface area contributed by atoms with E-state index in [1.807, 2.05) is 18.2 Å². The van der Waals surface area contributed by atoms with Crippen molar-refractivity contribution in [2.45, 2.75) is 13.5 Å². The van der Waals surface area contributed by atoms with E-state index in [0.717, 1.165) is 11.6 Å². The van der Waals surface area contributed by atoms with Gasteiger partial charge in [-0.05, 0) is 36.4 Å². The van der Waals surface area contributed by atoms with E-state index in [4.69, 9.17) is 21.1 Å². The summed E-state index contributed by atoms with van der Waals surface area (Å²) < 4.78 is 11.6. The van der Waals surface area contributed by atoms with E-state index >= 15 is 0 Å². The molecule has 0 radical (unpaired) electrons. The van der Waals surface area contributed by atoms with Gasteiger partial charge in [-0.25, -0.2) is 9.97 Å². The Kier molecular flexibility index (Phi) is 8.68. The summed E-state index contributed by atoms with van der Waals surface area (Å²) in [5, 5.41) is 9.62. The number of halogens is 1. The Hall–Kier alpha value is -4.70. The molecule has 2 heterocycles. The molecule has 0 aliphatic carbocycles. The van der Waals surface area contributed by atoms with Crippen LogP contribution < -0.4 is 25.4 Å². The second-order valence-corrected chi connectivity index (χ2v) is 8.45. The first-order chi connectivity index (χ1) is 18.4. The molecule has 0 fully saturated rings. The number of ether oxygens (including phenoxy) is 2. The van der Waals surface area contributed by atoms with Crippen molar-refractivity contribution in [1.29, 1.82) is 0 Å². The fourth-order valence-corrected chi connectivity index (χ4v) is 3.61. The van der Waals surface area contributed by atoms with Gasteiger partial charge in [0.2, 0.25) is 17.8 Å². The summed E-state index contributed by atoms with van der Waals surface area (Å²) in [4.78, 5) is 36.0. The van der Waals surface area contributed by atoms with Crippen molar-refractivity contribution >= 4 is 51.6 Å². The van der Waals surface area contributed by atoms with Crippen LogP contribution in [0.5, 0.6) is 11.5 Å². The van der Waals surface area contributed by atoms with E-state index in [9.17, 15) is 9.59 Å². The molecule has 0 atom stereocenters. The lowest BCUT2D eigenvalue weighted by atomic mass is 10.2. The van der Waals surface area contributed by atoms with Crippen LogP contribution in [-0.4, -0.2) is 39.9 Å². The quantitative estimate of drug-likeness (QED) is 0.188. The van der Waals surface area contributed by atoms with Crippen molar-refractivity contribution in [2.24, 2.45) is 0 Å². The third kappa shape index (κ3) is 7.17. The number of fused-ring (bicyclic) bond motifs is 1. The topological polar surface area (TPSA) is 127 Å². The molecule has 38 heavy (non-hydrogen) atoms. The number of carbonyl (C=O) groups is 2. The second-order valence-electron chi connectivity index (χ2n) is 8.05. The van der Waals surface area contributed by atoms with Crippen LogP contribution in [0.4, 0.5) is 17.3 Å². The van der Waals surface area contributed by atoms with Gasteiger partial charge in [-0.1, -0.05) is 24.2 Å². The Bertz CT molecular complexity index is 1470. The highest BCUT2D eigenvalue weighted by molar-refractivity contribution is 6.32. The monoisotopic (exact) mass is 532 g/mol. The van der Waals surface area contributed by atoms with E-state index in [0.29, 0.717) is 57.9 Å².